The van der Waals surface area contributed by atoms with Crippen molar-refractivity contribution >= 4 is 23.2 Å². The van der Waals surface area contributed by atoms with Crippen molar-refractivity contribution in [1.82, 2.24) is 0 Å². The highest BCUT2D eigenvalue weighted by molar-refractivity contribution is 7.99. The summed E-state index contributed by atoms with van der Waals surface area (Å²) in [7, 11) is 0. The van der Waals surface area contributed by atoms with Gasteiger partial charge in [0, 0.05) is 46.9 Å². The summed E-state index contributed by atoms with van der Waals surface area (Å²) >= 11 is 1.83. The molecule has 0 saturated heterocycles. The van der Waals surface area contributed by atoms with Crippen LogP contribution in [-0.2, 0) is 18.4 Å². The molecule has 1 heterocycles. The number of ketones is 1. The van der Waals surface area contributed by atoms with Crippen molar-refractivity contribution < 1.29 is 31.3 Å². The van der Waals surface area contributed by atoms with Crippen LogP contribution in [0.4, 0.5) is 5.69 Å². The lowest BCUT2D eigenvalue weighted by Gasteiger charge is -2.19. The average Bonchev–Trinajstić information content (AvgIpc) is 2.75. The van der Waals surface area contributed by atoms with E-state index in [9.17, 15) is 14.9 Å². The van der Waals surface area contributed by atoms with Gasteiger partial charge in [0.25, 0.3) is 5.69 Å². The minimum absolute atomic E-state index is 0. The number of benzene rings is 2. The van der Waals surface area contributed by atoms with Gasteiger partial charge in [-0.25, -0.2) is 0 Å². The number of thioether (sulfide) groups is 1. The molecule has 0 atom stereocenters. The summed E-state index contributed by atoms with van der Waals surface area (Å²) in [6.07, 6.45) is 2.93. The maximum Gasteiger partial charge on any atom is 0.269 e. The molecule has 7 heteroatoms. The Bertz CT molecular complexity index is 1110. The van der Waals surface area contributed by atoms with Gasteiger partial charge in [0.15, 0.2) is 11.9 Å². The number of aryl methyl sites for hydroxylation is 2. The van der Waals surface area contributed by atoms with Crippen LogP contribution >= 0.6 is 11.8 Å². The molecule has 5 nitrogen and oxygen atoms in total. The third-order valence-corrected chi connectivity index (χ3v) is 6.42. The Morgan fingerprint density at radius 1 is 1.00 bits per heavy atom. The molecule has 0 amide bonds. The molecular weight excluding hydrogens is 500 g/mol. The lowest BCUT2D eigenvalue weighted by molar-refractivity contribution is -0.689. The molecular formula is C26H29BrN2O3S. The number of nitro groups is 1. The topological polar surface area (TPSA) is 64.1 Å². The Kier molecular flexibility index (Phi) is 9.37. The standard InChI is InChI=1S/C26H29N2O3S.BrH/c1-19-5-6-20(15-16-32-24-13-9-22(10-14-24)26(2,3)4)17-27(19)18-25(29)21-7-11-23(12-8-21)28(30)31;/h5-14,17H,15-16,18H2,1-4H3;1H/q+1;/p-1. The van der Waals surface area contributed by atoms with Crippen LogP contribution in [0.5, 0.6) is 0 Å². The van der Waals surface area contributed by atoms with Gasteiger partial charge >= 0.3 is 0 Å². The zero-order valence-electron chi connectivity index (χ0n) is 19.4. The number of hydrogen-bond donors (Lipinski definition) is 0. The van der Waals surface area contributed by atoms with E-state index in [1.54, 1.807) is 0 Å². The van der Waals surface area contributed by atoms with Crippen LogP contribution in [0, 0.1) is 17.0 Å². The second-order valence-electron chi connectivity index (χ2n) is 8.91. The van der Waals surface area contributed by atoms with Crippen LogP contribution in [-0.4, -0.2) is 16.5 Å². The summed E-state index contributed by atoms with van der Waals surface area (Å²) in [4.78, 5) is 24.3. The molecule has 0 fully saturated rings. The lowest BCUT2D eigenvalue weighted by atomic mass is 9.87. The van der Waals surface area contributed by atoms with Gasteiger partial charge in [0.05, 0.1) is 4.92 Å². The molecule has 0 unspecified atom stereocenters. The molecule has 174 valence electrons. The van der Waals surface area contributed by atoms with Gasteiger partial charge in [-0.2, -0.15) is 4.57 Å². The maximum absolute atomic E-state index is 12.7. The molecule has 0 aliphatic heterocycles. The zero-order valence-corrected chi connectivity index (χ0v) is 21.8. The third-order valence-electron chi connectivity index (χ3n) is 5.41. The quantitative estimate of drug-likeness (QED) is 0.148. The number of carbonyl (C=O) groups is 1. The van der Waals surface area contributed by atoms with E-state index in [4.69, 9.17) is 0 Å². The Morgan fingerprint density at radius 2 is 1.64 bits per heavy atom. The summed E-state index contributed by atoms with van der Waals surface area (Å²) in [5, 5.41) is 10.8. The van der Waals surface area contributed by atoms with Crippen LogP contribution in [0.3, 0.4) is 0 Å². The molecule has 3 aromatic rings. The highest BCUT2D eigenvalue weighted by Crippen LogP contribution is 2.26. The number of non-ortho nitro benzene ring substituents is 1. The number of aromatic nitrogens is 1. The van der Waals surface area contributed by atoms with E-state index in [0.29, 0.717) is 5.56 Å². The predicted octanol–water partition coefficient (Wildman–Crippen LogP) is 2.71. The van der Waals surface area contributed by atoms with Crippen LogP contribution < -0.4 is 21.5 Å². The molecule has 33 heavy (non-hydrogen) atoms. The fourth-order valence-electron chi connectivity index (χ4n) is 3.34. The molecule has 3 rings (SSSR count). The van der Waals surface area contributed by atoms with E-state index in [-0.39, 0.29) is 40.4 Å². The van der Waals surface area contributed by atoms with Crippen LogP contribution in [0.1, 0.15) is 48.0 Å². The highest BCUT2D eigenvalue weighted by Gasteiger charge is 2.17. The minimum Gasteiger partial charge on any atom is -1.00 e. The van der Waals surface area contributed by atoms with Crippen LogP contribution in [0.25, 0.3) is 0 Å². The third kappa shape index (κ3) is 7.51. The first-order chi connectivity index (χ1) is 15.1. The van der Waals surface area contributed by atoms with Gasteiger partial charge in [-0.1, -0.05) is 32.9 Å². The predicted molar refractivity (Wildman–Crippen MR) is 128 cm³/mol. The second-order valence-corrected chi connectivity index (χ2v) is 10.1. The minimum atomic E-state index is -0.465. The smallest absolute Gasteiger partial charge is 0.269 e. The fraction of sp³-hybridized carbons (Fsp3) is 0.308. The largest absolute Gasteiger partial charge is 1.00 e. The first-order valence-corrected chi connectivity index (χ1v) is 11.6. The van der Waals surface area contributed by atoms with Gasteiger partial charge in [-0.05, 0) is 47.7 Å². The molecule has 0 spiro atoms. The van der Waals surface area contributed by atoms with E-state index in [0.717, 1.165) is 17.9 Å². The number of nitrogens with zero attached hydrogens (tertiary/aromatic N) is 2. The summed E-state index contributed by atoms with van der Waals surface area (Å²) < 4.78 is 1.95. The molecule has 0 aliphatic carbocycles. The normalized spacial score (nSPS) is 11.0. The summed E-state index contributed by atoms with van der Waals surface area (Å²) in [6, 6.07) is 18.7. The molecule has 0 saturated carbocycles. The average molecular weight is 530 g/mol. The number of hydrogen-bond acceptors (Lipinski definition) is 4. The molecule has 2 aromatic carbocycles. The van der Waals surface area contributed by atoms with Crippen molar-refractivity contribution in [3.05, 3.63) is 99.4 Å². The molecule has 0 N–H and O–H groups in total. The van der Waals surface area contributed by atoms with Crippen molar-refractivity contribution in [2.75, 3.05) is 5.75 Å². The fourth-order valence-corrected chi connectivity index (χ4v) is 4.24. The van der Waals surface area contributed by atoms with E-state index >= 15 is 0 Å². The molecule has 0 bridgehead atoms. The Labute approximate surface area is 210 Å². The van der Waals surface area contributed by atoms with E-state index in [2.05, 4.69) is 51.1 Å². The van der Waals surface area contributed by atoms with E-state index < -0.39 is 4.92 Å². The second kappa shape index (κ2) is 11.6. The summed E-state index contributed by atoms with van der Waals surface area (Å²) in [6.45, 7) is 8.83. The lowest BCUT2D eigenvalue weighted by Crippen LogP contribution is -3.00. The Hall–Kier alpha value is -2.51. The van der Waals surface area contributed by atoms with Gasteiger partial charge in [-0.15, -0.1) is 11.8 Å². The number of Topliss-reactive ketones (excluding diaryl/α,β-unsaturated/α-hetero) is 1. The Balaban J connectivity index is 0.00000385. The molecule has 0 radical (unpaired) electrons. The zero-order chi connectivity index (χ0) is 23.3. The SMILES string of the molecule is Cc1ccc(CCSc2ccc(C(C)(C)C)cc2)c[n+]1CC(=O)c1ccc([N+](=O)[O-])cc1.[Br-]. The van der Waals surface area contributed by atoms with E-state index in [1.165, 1.54) is 40.3 Å². The van der Waals surface area contributed by atoms with Crippen molar-refractivity contribution in [2.24, 2.45) is 0 Å². The Morgan fingerprint density at radius 3 is 2.21 bits per heavy atom. The summed E-state index contributed by atoms with van der Waals surface area (Å²) in [5.74, 6) is 0.882. The molecule has 0 aliphatic rings. The summed E-state index contributed by atoms with van der Waals surface area (Å²) in [5.41, 5.74) is 4.12. The van der Waals surface area contributed by atoms with Crippen molar-refractivity contribution in [2.45, 2.75) is 51.0 Å². The van der Waals surface area contributed by atoms with Crippen LogP contribution in [0.15, 0.2) is 71.8 Å². The number of pyridine rings is 1. The first kappa shape index (κ1) is 26.7. The number of rotatable bonds is 8. The first-order valence-electron chi connectivity index (χ1n) is 10.6. The van der Waals surface area contributed by atoms with Crippen molar-refractivity contribution in [3.63, 3.8) is 0 Å². The monoisotopic (exact) mass is 528 g/mol. The van der Waals surface area contributed by atoms with Crippen molar-refractivity contribution in [1.29, 1.82) is 0 Å². The maximum atomic E-state index is 12.7. The van der Waals surface area contributed by atoms with Crippen LogP contribution in [0.2, 0.25) is 0 Å². The van der Waals surface area contributed by atoms with Gasteiger partial charge < -0.3 is 17.0 Å². The van der Waals surface area contributed by atoms with Gasteiger partial charge in [-0.3, -0.25) is 14.9 Å². The number of halogens is 1. The number of nitro benzene ring substituents is 1. The highest BCUT2D eigenvalue weighted by atomic mass is 79.9. The van der Waals surface area contributed by atoms with Crippen molar-refractivity contribution in [3.8, 4) is 0 Å². The van der Waals surface area contributed by atoms with Gasteiger partial charge in [0.2, 0.25) is 12.3 Å². The van der Waals surface area contributed by atoms with Gasteiger partial charge in [0.1, 0.15) is 0 Å². The number of carbonyl (C=O) groups excluding carboxylic acids is 1. The molecule has 1 aromatic heterocycles. The van der Waals surface area contributed by atoms with E-state index in [1.807, 2.05) is 35.5 Å².